The zero-order valence-electron chi connectivity index (χ0n) is 2.71. The Labute approximate surface area is 131 Å². The van der Waals surface area contributed by atoms with E-state index >= 15 is 0 Å². The van der Waals surface area contributed by atoms with Crippen LogP contribution >= 0.6 is 67.1 Å². The molecule has 0 nitrogen and oxygen atoms in total. The van der Waals surface area contributed by atoms with E-state index in [0.29, 0.717) is 0 Å². The fourth-order valence-electron chi connectivity index (χ4n) is 0. The summed E-state index contributed by atoms with van der Waals surface area (Å²) in [4.78, 5) is 0. The van der Waals surface area contributed by atoms with Crippen LogP contribution in [0.3, 0.4) is 0 Å². The van der Waals surface area contributed by atoms with Crippen molar-refractivity contribution in [3.63, 3.8) is 0 Å². The average Bonchev–Trinajstić information content (AvgIpc) is 0.811. The molecule has 0 amide bonds. The second-order valence-corrected chi connectivity index (χ2v) is 11.1. The van der Waals surface area contributed by atoms with Crippen molar-refractivity contribution >= 4 is 136 Å². The van der Waals surface area contributed by atoms with Crippen LogP contribution in [0.15, 0.2) is 0 Å². The van der Waals surface area contributed by atoms with Crippen LogP contribution < -0.4 is 0 Å². The van der Waals surface area contributed by atoms with E-state index in [1.165, 1.54) is 0 Å². The van der Waals surface area contributed by atoms with E-state index in [1.807, 2.05) is 0 Å². The van der Waals surface area contributed by atoms with E-state index in [4.69, 9.17) is 0 Å². The minimum Gasteiger partial charge on any atom is -0.118 e. The fourth-order valence-corrected chi connectivity index (χ4v) is 0. The van der Waals surface area contributed by atoms with Crippen LogP contribution in [0.25, 0.3) is 0 Å². The average molecular weight is 524 g/mol. The predicted octanol–water partition coefficient (Wildman–Crippen LogP) is 1.90. The van der Waals surface area contributed by atoms with Crippen LogP contribution in [0.4, 0.5) is 0 Å². The van der Waals surface area contributed by atoms with Crippen molar-refractivity contribution in [3.8, 4) is 0 Å². The van der Waals surface area contributed by atoms with Gasteiger partial charge in [-0.3, -0.25) is 0 Å². The quantitative estimate of drug-likeness (QED) is 0.336. The van der Waals surface area contributed by atoms with Crippen LogP contribution in [-0.2, 0) is 0 Å². The molecule has 0 aromatic heterocycles. The first-order valence-electron chi connectivity index (χ1n) is 0.655. The molecule has 0 saturated heterocycles. The molecule has 0 aromatic carbocycles. The normalized spacial score (nSPS) is 5.40. The van der Waals surface area contributed by atoms with Crippen molar-refractivity contribution in [3.05, 3.63) is 0 Å². The van der Waals surface area contributed by atoms with Gasteiger partial charge in [0, 0.05) is 68.9 Å². The van der Waals surface area contributed by atoms with E-state index in [1.54, 1.807) is 0 Å². The number of halogens is 3. The molecule has 0 N–H and O–H groups in total. The Kier molecular flexibility index (Phi) is 20.0. The Morgan fingerprint density at radius 3 is 1.00 bits per heavy atom. The summed E-state index contributed by atoms with van der Waals surface area (Å²) in [5, 5.41) is 0. The SMILES string of the molecule is IB(I)I.[Cs]. The molecule has 0 aromatic rings. The van der Waals surface area contributed by atoms with Gasteiger partial charge in [-0.15, -0.1) is 67.1 Å². The topological polar surface area (TPSA) is 0 Å². The maximum Gasteiger partial charge on any atom is 0.355 e. The van der Waals surface area contributed by atoms with Gasteiger partial charge in [-0.2, -0.15) is 0 Å². The zero-order chi connectivity index (χ0) is 3.58. The molecule has 0 bridgehead atoms. The summed E-state index contributed by atoms with van der Waals surface area (Å²) in [6.07, 6.45) is 0. The molecule has 0 atom stereocenters. The van der Waals surface area contributed by atoms with Gasteiger partial charge in [-0.05, 0) is 0 Å². The molecule has 0 rings (SSSR count). The first-order valence-corrected chi connectivity index (χ1v) is 4.39. The van der Waals surface area contributed by atoms with E-state index < -0.39 is 0 Å². The maximum atomic E-state index is 2.32. The Morgan fingerprint density at radius 2 is 1.00 bits per heavy atom. The van der Waals surface area contributed by atoms with E-state index in [0.717, 1.165) is 0.282 Å². The molecule has 25 valence electrons. The Morgan fingerprint density at radius 1 is 1.00 bits per heavy atom. The second kappa shape index (κ2) is 8.31. The molecular formula is BCsI3. The Bertz CT molecular complexity index is 11.6. The number of hydrogen-bond donors (Lipinski definition) is 0. The third-order valence-electron chi connectivity index (χ3n) is 0. The molecule has 0 aliphatic heterocycles. The second-order valence-electron chi connectivity index (χ2n) is 0.247. The third-order valence-corrected chi connectivity index (χ3v) is 0. The standard InChI is InChI=1S/BI3.Cs/c2-1(3)4;. The van der Waals surface area contributed by atoms with Crippen molar-refractivity contribution in [2.75, 3.05) is 0 Å². The summed E-state index contributed by atoms with van der Waals surface area (Å²) < 4.78 is 0.743. The molecule has 5 heavy (non-hydrogen) atoms. The van der Waals surface area contributed by atoms with Gasteiger partial charge < -0.3 is 0 Å². The molecule has 0 saturated carbocycles. The molecule has 5 heteroatoms. The molecule has 0 aliphatic carbocycles. The Hall–Kier alpha value is 4.31. The summed E-state index contributed by atoms with van der Waals surface area (Å²) in [5.74, 6) is 0. The summed E-state index contributed by atoms with van der Waals surface area (Å²) in [6.45, 7) is 0. The van der Waals surface area contributed by atoms with Crippen molar-refractivity contribution < 1.29 is 0 Å². The van der Waals surface area contributed by atoms with Gasteiger partial charge in [-0.25, -0.2) is 0 Å². The zero-order valence-corrected chi connectivity index (χ0v) is 15.5. The smallest absolute Gasteiger partial charge is 0.118 e. The van der Waals surface area contributed by atoms with E-state index in [-0.39, 0.29) is 68.9 Å². The van der Waals surface area contributed by atoms with Gasteiger partial charge in [0.05, 0.1) is 0 Å². The van der Waals surface area contributed by atoms with Gasteiger partial charge >= 0.3 is 0.282 Å². The van der Waals surface area contributed by atoms with Crippen molar-refractivity contribution in [1.82, 2.24) is 0 Å². The van der Waals surface area contributed by atoms with Crippen LogP contribution in [0.2, 0.25) is 0 Å². The van der Waals surface area contributed by atoms with Gasteiger partial charge in [0.25, 0.3) is 0 Å². The van der Waals surface area contributed by atoms with Crippen LogP contribution in [-0.4, -0.2) is 69.2 Å². The van der Waals surface area contributed by atoms with E-state index in [9.17, 15) is 0 Å². The van der Waals surface area contributed by atoms with Crippen molar-refractivity contribution in [1.29, 1.82) is 0 Å². The monoisotopic (exact) mass is 525 g/mol. The molecule has 1 radical (unpaired) electrons. The first kappa shape index (κ1) is 12.0. The third kappa shape index (κ3) is 17.8. The molecule has 0 aliphatic rings. The molecule has 0 fully saturated rings. The van der Waals surface area contributed by atoms with E-state index in [2.05, 4.69) is 67.1 Å². The van der Waals surface area contributed by atoms with Crippen molar-refractivity contribution in [2.45, 2.75) is 0 Å². The van der Waals surface area contributed by atoms with Crippen molar-refractivity contribution in [2.24, 2.45) is 0 Å². The summed E-state index contributed by atoms with van der Waals surface area (Å²) in [5.41, 5.74) is 0. The molecule has 0 spiro atoms. The van der Waals surface area contributed by atoms with Crippen LogP contribution in [0, 0.1) is 0 Å². The summed E-state index contributed by atoms with van der Waals surface area (Å²) in [7, 11) is 0. The van der Waals surface area contributed by atoms with Crippen LogP contribution in [0.1, 0.15) is 0 Å². The summed E-state index contributed by atoms with van der Waals surface area (Å²) in [6, 6.07) is 0. The fraction of sp³-hybridized carbons (Fsp3) is 0. The minimum atomic E-state index is 0. The Balaban J connectivity index is 0. The van der Waals surface area contributed by atoms with Crippen LogP contribution in [0.5, 0.6) is 0 Å². The largest absolute Gasteiger partial charge is 0.355 e. The van der Waals surface area contributed by atoms with Gasteiger partial charge in [0.2, 0.25) is 0 Å². The number of rotatable bonds is 0. The minimum absolute atomic E-state index is 0. The van der Waals surface area contributed by atoms with Gasteiger partial charge in [-0.1, -0.05) is 0 Å². The molecule has 0 heterocycles. The number of hydrogen-bond acceptors (Lipinski definition) is 0. The first-order chi connectivity index (χ1) is 1.73. The predicted molar refractivity (Wildman–Crippen MR) is 53.6 cm³/mol. The van der Waals surface area contributed by atoms with Gasteiger partial charge in [0.15, 0.2) is 0 Å². The molecular weight excluding hydrogens is 524 g/mol. The summed E-state index contributed by atoms with van der Waals surface area (Å²) >= 11 is 6.95. The molecule has 0 unspecified atom stereocenters. The van der Waals surface area contributed by atoms with Gasteiger partial charge in [0.1, 0.15) is 0 Å². The maximum absolute atomic E-state index is 2.32.